The van der Waals surface area contributed by atoms with Crippen LogP contribution in [0.2, 0.25) is 0 Å². The molecule has 0 aliphatic rings. The molecule has 2 heterocycles. The predicted molar refractivity (Wildman–Crippen MR) is 104 cm³/mol. The lowest BCUT2D eigenvalue weighted by molar-refractivity contribution is 0.289. The SMILES string of the molecule is Cc1ccn(-c2ccc(OCc3c(C)cccc3-n3nnn(C)c3=O)c(F)c2)n1. The van der Waals surface area contributed by atoms with Crippen molar-refractivity contribution in [2.45, 2.75) is 20.5 Å². The predicted octanol–water partition coefficient (Wildman–Crippen LogP) is 2.49. The molecular formula is C20H19FN6O2. The standard InChI is InChI=1S/C20H19FN6O2/c1-13-5-4-6-18(27-20(28)25(3)23-24-27)16(13)12-29-19-8-7-15(11-17(19)21)26-10-9-14(2)22-26/h4-11H,12H2,1-3H3. The Morgan fingerprint density at radius 2 is 1.93 bits per heavy atom. The summed E-state index contributed by atoms with van der Waals surface area (Å²) in [6.45, 7) is 3.83. The van der Waals surface area contributed by atoms with Gasteiger partial charge in [-0.05, 0) is 54.1 Å². The summed E-state index contributed by atoms with van der Waals surface area (Å²) in [4.78, 5) is 12.2. The summed E-state index contributed by atoms with van der Waals surface area (Å²) < 4.78 is 24.3. The van der Waals surface area contributed by atoms with E-state index in [4.69, 9.17) is 4.74 Å². The van der Waals surface area contributed by atoms with Gasteiger partial charge in [-0.2, -0.15) is 14.5 Å². The van der Waals surface area contributed by atoms with Crippen molar-refractivity contribution >= 4 is 0 Å². The van der Waals surface area contributed by atoms with Crippen LogP contribution in [-0.4, -0.2) is 29.6 Å². The first kappa shape index (κ1) is 18.6. The number of tetrazole rings is 1. The van der Waals surface area contributed by atoms with Crippen molar-refractivity contribution in [2.24, 2.45) is 7.05 Å². The van der Waals surface area contributed by atoms with Crippen LogP contribution in [0.25, 0.3) is 11.4 Å². The Bertz CT molecular complexity index is 1240. The molecule has 4 aromatic rings. The Morgan fingerprint density at radius 3 is 2.59 bits per heavy atom. The first-order valence-electron chi connectivity index (χ1n) is 8.97. The van der Waals surface area contributed by atoms with Gasteiger partial charge in [-0.1, -0.05) is 12.1 Å². The topological polar surface area (TPSA) is 79.8 Å². The molecule has 0 aliphatic carbocycles. The van der Waals surface area contributed by atoms with Gasteiger partial charge in [0.2, 0.25) is 0 Å². The molecule has 0 saturated carbocycles. The molecule has 0 N–H and O–H groups in total. The molecule has 0 aliphatic heterocycles. The molecule has 4 rings (SSSR count). The van der Waals surface area contributed by atoms with Crippen LogP contribution in [0.1, 0.15) is 16.8 Å². The maximum atomic E-state index is 14.6. The van der Waals surface area contributed by atoms with Gasteiger partial charge >= 0.3 is 5.69 Å². The van der Waals surface area contributed by atoms with E-state index < -0.39 is 5.82 Å². The van der Waals surface area contributed by atoms with Crippen LogP contribution < -0.4 is 10.4 Å². The highest BCUT2D eigenvalue weighted by molar-refractivity contribution is 5.45. The van der Waals surface area contributed by atoms with Gasteiger partial charge in [0.25, 0.3) is 0 Å². The minimum atomic E-state index is -0.498. The van der Waals surface area contributed by atoms with E-state index >= 15 is 0 Å². The summed E-state index contributed by atoms with van der Waals surface area (Å²) in [6, 6.07) is 12.0. The number of nitrogens with zero attached hydrogens (tertiary/aromatic N) is 6. The average molecular weight is 394 g/mol. The Kier molecular flexibility index (Phi) is 4.71. The fraction of sp³-hybridized carbons (Fsp3) is 0.200. The summed E-state index contributed by atoms with van der Waals surface area (Å²) in [5.74, 6) is -0.388. The van der Waals surface area contributed by atoms with Gasteiger partial charge in [0.15, 0.2) is 11.6 Å². The quantitative estimate of drug-likeness (QED) is 0.520. The van der Waals surface area contributed by atoms with E-state index in [0.29, 0.717) is 11.4 Å². The summed E-state index contributed by atoms with van der Waals surface area (Å²) in [7, 11) is 1.52. The van der Waals surface area contributed by atoms with Crippen LogP contribution in [0.5, 0.6) is 5.75 Å². The molecular weight excluding hydrogens is 375 g/mol. The zero-order valence-electron chi connectivity index (χ0n) is 16.2. The Labute approximate surface area is 165 Å². The molecule has 0 unspecified atom stereocenters. The fourth-order valence-electron chi connectivity index (χ4n) is 3.00. The van der Waals surface area contributed by atoms with E-state index in [9.17, 15) is 9.18 Å². The third-order valence-electron chi connectivity index (χ3n) is 4.61. The fourth-order valence-corrected chi connectivity index (χ4v) is 3.00. The number of halogens is 1. The molecule has 148 valence electrons. The molecule has 0 saturated heterocycles. The number of aromatic nitrogens is 6. The second kappa shape index (κ2) is 7.34. The summed E-state index contributed by atoms with van der Waals surface area (Å²) in [5, 5.41) is 11.9. The highest BCUT2D eigenvalue weighted by Gasteiger charge is 2.15. The maximum Gasteiger partial charge on any atom is 0.368 e. The van der Waals surface area contributed by atoms with E-state index in [1.807, 2.05) is 32.0 Å². The molecule has 29 heavy (non-hydrogen) atoms. The number of benzene rings is 2. The van der Waals surface area contributed by atoms with E-state index in [1.165, 1.54) is 17.8 Å². The Balaban J connectivity index is 1.61. The third-order valence-corrected chi connectivity index (χ3v) is 4.61. The molecule has 2 aromatic heterocycles. The lowest BCUT2D eigenvalue weighted by Crippen LogP contribution is -2.23. The average Bonchev–Trinajstić information content (AvgIpc) is 3.27. The highest BCUT2D eigenvalue weighted by atomic mass is 19.1. The van der Waals surface area contributed by atoms with Crippen LogP contribution >= 0.6 is 0 Å². The lowest BCUT2D eigenvalue weighted by Gasteiger charge is -2.14. The largest absolute Gasteiger partial charge is 0.486 e. The zero-order chi connectivity index (χ0) is 20.5. The summed E-state index contributed by atoms with van der Waals surface area (Å²) in [6.07, 6.45) is 1.77. The van der Waals surface area contributed by atoms with Crippen molar-refractivity contribution < 1.29 is 9.13 Å². The van der Waals surface area contributed by atoms with Crippen molar-refractivity contribution in [3.05, 3.63) is 81.8 Å². The normalized spacial score (nSPS) is 11.0. The minimum Gasteiger partial charge on any atom is -0.486 e. The molecule has 0 radical (unpaired) electrons. The van der Waals surface area contributed by atoms with Crippen molar-refractivity contribution in [3.63, 3.8) is 0 Å². The molecule has 8 nitrogen and oxygen atoms in total. The smallest absolute Gasteiger partial charge is 0.368 e. The lowest BCUT2D eigenvalue weighted by atomic mass is 10.1. The second-order valence-electron chi connectivity index (χ2n) is 6.67. The highest BCUT2D eigenvalue weighted by Crippen LogP contribution is 2.24. The van der Waals surface area contributed by atoms with Gasteiger partial charge in [0.1, 0.15) is 6.61 Å². The van der Waals surface area contributed by atoms with Crippen molar-refractivity contribution in [1.29, 1.82) is 0 Å². The first-order chi connectivity index (χ1) is 13.9. The molecule has 9 heteroatoms. The van der Waals surface area contributed by atoms with Crippen LogP contribution in [0.3, 0.4) is 0 Å². The number of aryl methyl sites for hydroxylation is 3. The number of ether oxygens (including phenoxy) is 1. The Morgan fingerprint density at radius 1 is 1.10 bits per heavy atom. The molecule has 0 fully saturated rings. The molecule has 0 spiro atoms. The number of rotatable bonds is 5. The van der Waals surface area contributed by atoms with Gasteiger partial charge in [-0.25, -0.2) is 13.9 Å². The van der Waals surface area contributed by atoms with Gasteiger partial charge in [0.05, 0.1) is 17.1 Å². The third kappa shape index (κ3) is 3.54. The Hall–Kier alpha value is -3.75. The number of hydrogen-bond donors (Lipinski definition) is 0. The van der Waals surface area contributed by atoms with E-state index in [1.54, 1.807) is 29.1 Å². The first-order valence-corrected chi connectivity index (χ1v) is 8.97. The summed E-state index contributed by atoms with van der Waals surface area (Å²) >= 11 is 0. The van der Waals surface area contributed by atoms with Gasteiger partial charge in [0, 0.05) is 24.9 Å². The van der Waals surface area contributed by atoms with Gasteiger partial charge in [-0.15, -0.1) is 0 Å². The molecule has 0 atom stereocenters. The zero-order valence-corrected chi connectivity index (χ0v) is 16.2. The molecule has 0 amide bonds. The van der Waals surface area contributed by atoms with Crippen molar-refractivity contribution in [2.75, 3.05) is 0 Å². The minimum absolute atomic E-state index is 0.0716. The maximum absolute atomic E-state index is 14.6. The molecule has 0 bridgehead atoms. The monoisotopic (exact) mass is 394 g/mol. The van der Waals surface area contributed by atoms with Gasteiger partial charge in [-0.3, -0.25) is 0 Å². The van der Waals surface area contributed by atoms with E-state index in [2.05, 4.69) is 15.5 Å². The van der Waals surface area contributed by atoms with Crippen molar-refractivity contribution in [3.8, 4) is 17.1 Å². The van der Waals surface area contributed by atoms with Crippen molar-refractivity contribution in [1.82, 2.24) is 29.6 Å². The second-order valence-corrected chi connectivity index (χ2v) is 6.67. The molecule has 2 aromatic carbocycles. The van der Waals surface area contributed by atoms with Crippen LogP contribution in [0.4, 0.5) is 4.39 Å². The summed E-state index contributed by atoms with van der Waals surface area (Å²) in [5.41, 5.74) is 3.24. The van der Waals surface area contributed by atoms with Gasteiger partial charge < -0.3 is 4.74 Å². The van der Waals surface area contributed by atoms with Crippen LogP contribution in [0, 0.1) is 19.7 Å². The number of hydrogen-bond acceptors (Lipinski definition) is 5. The van der Waals surface area contributed by atoms with Crippen LogP contribution in [0.15, 0.2) is 53.5 Å². The van der Waals surface area contributed by atoms with E-state index in [0.717, 1.165) is 21.5 Å². The van der Waals surface area contributed by atoms with E-state index in [-0.39, 0.29) is 18.0 Å². The van der Waals surface area contributed by atoms with Crippen LogP contribution in [-0.2, 0) is 13.7 Å².